The second-order valence-electron chi connectivity index (χ2n) is 8.74. The molecule has 0 aromatic heterocycles. The summed E-state index contributed by atoms with van der Waals surface area (Å²) in [6, 6.07) is -0.895. The summed E-state index contributed by atoms with van der Waals surface area (Å²) in [5.41, 5.74) is 0. The number of nitrogens with one attached hydrogen (secondary N) is 1. The minimum Gasteiger partial charge on any atom is -0.463 e. The number of esters is 1. The zero-order chi connectivity index (χ0) is 23.8. The predicted molar refractivity (Wildman–Crippen MR) is 122 cm³/mol. The van der Waals surface area contributed by atoms with Gasteiger partial charge < -0.3 is 29.7 Å². The number of aliphatic hydroxyl groups is 2. The molecule has 3 N–H and O–H groups in total. The van der Waals surface area contributed by atoms with Gasteiger partial charge in [0, 0.05) is 20.0 Å². The molecule has 8 heteroatoms. The minimum absolute atomic E-state index is 0.171. The lowest BCUT2D eigenvalue weighted by atomic mass is 9.97. The Morgan fingerprint density at radius 3 is 2.09 bits per heavy atom. The number of carbonyl (C=O) groups excluding carboxylic acids is 2. The number of aliphatic hydroxyl groups excluding tert-OH is 2. The fourth-order valence-electron chi connectivity index (χ4n) is 3.80. The topological polar surface area (TPSA) is 114 Å². The quantitative estimate of drug-likeness (QED) is 0.226. The molecule has 0 radical (unpaired) electrons. The number of hydrogen-bond acceptors (Lipinski definition) is 7. The van der Waals surface area contributed by atoms with Crippen LogP contribution in [-0.4, -0.2) is 65.9 Å². The van der Waals surface area contributed by atoms with Gasteiger partial charge in [-0.2, -0.15) is 0 Å². The molecule has 1 heterocycles. The van der Waals surface area contributed by atoms with Crippen LogP contribution in [0.1, 0.15) is 97.8 Å². The summed E-state index contributed by atoms with van der Waals surface area (Å²) >= 11 is 0. The maximum absolute atomic E-state index is 12.0. The van der Waals surface area contributed by atoms with Crippen LogP contribution in [0.2, 0.25) is 0 Å². The van der Waals surface area contributed by atoms with Gasteiger partial charge >= 0.3 is 5.97 Å². The van der Waals surface area contributed by atoms with E-state index in [1.807, 2.05) is 0 Å². The Kier molecular flexibility index (Phi) is 15.6. The van der Waals surface area contributed by atoms with Crippen LogP contribution < -0.4 is 5.32 Å². The van der Waals surface area contributed by atoms with E-state index >= 15 is 0 Å². The van der Waals surface area contributed by atoms with Crippen molar-refractivity contribution in [1.82, 2.24) is 5.32 Å². The standard InChI is InChI=1S/C24H45NO7/c1-4-6-8-10-12-14-16-30-24-21(25-18(3)26)23(29)22(28)19(32-24)17-31-20(27)15-13-11-9-7-5-2/h19,21-24,28-29H,4-17H2,1-3H3,(H,25,26)/t19-,21-,22-,23-,24?/m1/s1. The first-order valence-corrected chi connectivity index (χ1v) is 12.5. The summed E-state index contributed by atoms with van der Waals surface area (Å²) in [4.78, 5) is 23.6. The molecule has 1 aliphatic heterocycles. The Balaban J connectivity index is 2.50. The number of ether oxygens (including phenoxy) is 3. The minimum atomic E-state index is -1.31. The van der Waals surface area contributed by atoms with E-state index < -0.39 is 30.6 Å². The zero-order valence-corrected chi connectivity index (χ0v) is 20.2. The molecule has 0 aliphatic carbocycles. The van der Waals surface area contributed by atoms with E-state index in [4.69, 9.17) is 14.2 Å². The van der Waals surface area contributed by atoms with Gasteiger partial charge in [0.2, 0.25) is 5.91 Å². The first-order chi connectivity index (χ1) is 15.4. The molecular weight excluding hydrogens is 414 g/mol. The van der Waals surface area contributed by atoms with Crippen LogP contribution >= 0.6 is 0 Å². The largest absolute Gasteiger partial charge is 0.463 e. The van der Waals surface area contributed by atoms with Gasteiger partial charge in [0.1, 0.15) is 31.0 Å². The Bertz CT molecular complexity index is 517. The van der Waals surface area contributed by atoms with Gasteiger partial charge in [-0.1, -0.05) is 71.6 Å². The Morgan fingerprint density at radius 1 is 0.875 bits per heavy atom. The van der Waals surface area contributed by atoms with Gasteiger partial charge in [-0.25, -0.2) is 0 Å². The van der Waals surface area contributed by atoms with Crippen molar-refractivity contribution in [2.75, 3.05) is 13.2 Å². The highest BCUT2D eigenvalue weighted by molar-refractivity contribution is 5.73. The van der Waals surface area contributed by atoms with Crippen molar-refractivity contribution in [3.8, 4) is 0 Å². The molecule has 32 heavy (non-hydrogen) atoms. The highest BCUT2D eigenvalue weighted by Crippen LogP contribution is 2.23. The summed E-state index contributed by atoms with van der Waals surface area (Å²) in [7, 11) is 0. The van der Waals surface area contributed by atoms with Crippen LogP contribution in [0.4, 0.5) is 0 Å². The first kappa shape index (κ1) is 28.8. The molecule has 0 aromatic rings. The van der Waals surface area contributed by atoms with E-state index in [-0.39, 0.29) is 18.5 Å². The second-order valence-corrected chi connectivity index (χ2v) is 8.74. The van der Waals surface area contributed by atoms with Crippen molar-refractivity contribution < 1.29 is 34.0 Å². The molecule has 0 saturated carbocycles. The fourth-order valence-corrected chi connectivity index (χ4v) is 3.80. The van der Waals surface area contributed by atoms with Crippen LogP contribution in [0, 0.1) is 0 Å². The molecule has 0 aromatic carbocycles. The third-order valence-electron chi connectivity index (χ3n) is 5.74. The number of rotatable bonds is 17. The lowest BCUT2D eigenvalue weighted by Gasteiger charge is -2.42. The van der Waals surface area contributed by atoms with E-state index in [1.165, 1.54) is 26.2 Å². The highest BCUT2D eigenvalue weighted by atomic mass is 16.7. The predicted octanol–water partition coefficient (Wildman–Crippen LogP) is 3.22. The maximum atomic E-state index is 12.0. The first-order valence-electron chi connectivity index (χ1n) is 12.5. The van der Waals surface area contributed by atoms with E-state index in [2.05, 4.69) is 19.2 Å². The van der Waals surface area contributed by atoms with Crippen LogP contribution in [0.5, 0.6) is 0 Å². The number of carbonyl (C=O) groups is 2. The summed E-state index contributed by atoms with van der Waals surface area (Å²) in [6.45, 7) is 5.89. The third-order valence-corrected chi connectivity index (χ3v) is 5.74. The molecule has 1 saturated heterocycles. The monoisotopic (exact) mass is 459 g/mol. The molecule has 0 bridgehead atoms. The summed E-state index contributed by atoms with van der Waals surface area (Å²) < 4.78 is 16.9. The van der Waals surface area contributed by atoms with Crippen molar-refractivity contribution in [2.45, 2.75) is 128 Å². The van der Waals surface area contributed by atoms with Crippen molar-refractivity contribution in [3.63, 3.8) is 0 Å². The average molecular weight is 460 g/mol. The summed E-state index contributed by atoms with van der Waals surface area (Å²) in [5.74, 6) is -0.703. The fraction of sp³-hybridized carbons (Fsp3) is 0.917. The molecule has 1 aliphatic rings. The highest BCUT2D eigenvalue weighted by Gasteiger charge is 2.46. The lowest BCUT2D eigenvalue weighted by Crippen LogP contribution is -2.64. The Hall–Kier alpha value is -1.22. The molecule has 8 nitrogen and oxygen atoms in total. The molecule has 0 spiro atoms. The average Bonchev–Trinajstić information content (AvgIpc) is 2.76. The molecule has 1 unspecified atom stereocenters. The summed E-state index contributed by atoms with van der Waals surface area (Å²) in [6.07, 6.45) is 7.64. The van der Waals surface area contributed by atoms with Gasteiger partial charge in [-0.3, -0.25) is 9.59 Å². The van der Waals surface area contributed by atoms with Crippen molar-refractivity contribution in [3.05, 3.63) is 0 Å². The molecular formula is C24H45NO7. The molecule has 1 amide bonds. The van der Waals surface area contributed by atoms with Crippen molar-refractivity contribution in [1.29, 1.82) is 0 Å². The zero-order valence-electron chi connectivity index (χ0n) is 20.2. The van der Waals surface area contributed by atoms with E-state index in [0.29, 0.717) is 13.0 Å². The van der Waals surface area contributed by atoms with E-state index in [1.54, 1.807) is 0 Å². The van der Waals surface area contributed by atoms with Crippen LogP contribution in [-0.2, 0) is 23.8 Å². The van der Waals surface area contributed by atoms with Crippen LogP contribution in [0.15, 0.2) is 0 Å². The molecule has 1 fully saturated rings. The normalized spacial score (nSPS) is 25.5. The third kappa shape index (κ3) is 11.6. The molecule has 1 rings (SSSR count). The number of hydrogen-bond donors (Lipinski definition) is 3. The Labute approximate surface area is 193 Å². The van der Waals surface area contributed by atoms with Crippen LogP contribution in [0.3, 0.4) is 0 Å². The second kappa shape index (κ2) is 17.3. The number of unbranched alkanes of at least 4 members (excludes halogenated alkanes) is 9. The van der Waals surface area contributed by atoms with Crippen molar-refractivity contribution >= 4 is 11.9 Å². The Morgan fingerprint density at radius 2 is 1.47 bits per heavy atom. The molecule has 188 valence electrons. The van der Waals surface area contributed by atoms with Gasteiger partial charge in [0.25, 0.3) is 0 Å². The SMILES string of the molecule is CCCCCCCCOC1O[C@H](COC(=O)CCCCCCC)[C@@H](O)[C@H](O)[C@H]1NC(C)=O. The van der Waals surface area contributed by atoms with Crippen LogP contribution in [0.25, 0.3) is 0 Å². The van der Waals surface area contributed by atoms with Gasteiger partial charge in [0.05, 0.1) is 0 Å². The smallest absolute Gasteiger partial charge is 0.305 e. The van der Waals surface area contributed by atoms with Gasteiger partial charge in [0.15, 0.2) is 6.29 Å². The van der Waals surface area contributed by atoms with Gasteiger partial charge in [-0.05, 0) is 12.8 Å². The number of amides is 1. The molecule has 5 atom stereocenters. The van der Waals surface area contributed by atoms with E-state index in [9.17, 15) is 19.8 Å². The van der Waals surface area contributed by atoms with Gasteiger partial charge in [-0.15, -0.1) is 0 Å². The van der Waals surface area contributed by atoms with Crippen molar-refractivity contribution in [2.24, 2.45) is 0 Å². The lowest BCUT2D eigenvalue weighted by molar-refractivity contribution is -0.271. The summed E-state index contributed by atoms with van der Waals surface area (Å²) in [5, 5.41) is 23.6. The maximum Gasteiger partial charge on any atom is 0.305 e. The van der Waals surface area contributed by atoms with E-state index in [0.717, 1.165) is 51.4 Å².